The predicted octanol–water partition coefficient (Wildman–Crippen LogP) is 2.10. The SMILES string of the molecule is COc1ccc(C#N)c(N2CCCC2CN(C)C)c1. The van der Waals surface area contributed by atoms with Gasteiger partial charge in [-0.2, -0.15) is 5.26 Å². The van der Waals surface area contributed by atoms with Crippen LogP contribution in [-0.2, 0) is 0 Å². The van der Waals surface area contributed by atoms with Crippen LogP contribution >= 0.6 is 0 Å². The lowest BCUT2D eigenvalue weighted by atomic mass is 10.1. The highest BCUT2D eigenvalue weighted by atomic mass is 16.5. The third-order valence-corrected chi connectivity index (χ3v) is 3.59. The number of likely N-dealkylation sites (N-methyl/N-ethyl adjacent to an activating group) is 1. The van der Waals surface area contributed by atoms with Gasteiger partial charge in [0.05, 0.1) is 18.4 Å². The van der Waals surface area contributed by atoms with Crippen LogP contribution in [0.1, 0.15) is 18.4 Å². The van der Waals surface area contributed by atoms with Gasteiger partial charge in [0.2, 0.25) is 0 Å². The molecule has 4 heteroatoms. The zero-order valence-corrected chi connectivity index (χ0v) is 11.9. The summed E-state index contributed by atoms with van der Waals surface area (Å²) in [5, 5.41) is 9.28. The van der Waals surface area contributed by atoms with Crippen LogP contribution in [0.5, 0.6) is 5.75 Å². The molecule has 1 heterocycles. The maximum absolute atomic E-state index is 9.28. The van der Waals surface area contributed by atoms with Crippen molar-refractivity contribution in [2.75, 3.05) is 39.2 Å². The first-order chi connectivity index (χ1) is 9.15. The van der Waals surface area contributed by atoms with E-state index in [1.807, 2.05) is 18.2 Å². The van der Waals surface area contributed by atoms with Crippen LogP contribution < -0.4 is 9.64 Å². The minimum atomic E-state index is 0.481. The summed E-state index contributed by atoms with van der Waals surface area (Å²) < 4.78 is 5.28. The second kappa shape index (κ2) is 5.94. The van der Waals surface area contributed by atoms with E-state index < -0.39 is 0 Å². The standard InChI is InChI=1S/C15H21N3O/c1-17(2)11-13-5-4-8-18(13)15-9-14(19-3)7-6-12(15)10-16/h6-7,9,13H,4-5,8,11H2,1-3H3. The molecule has 1 fully saturated rings. The Hall–Kier alpha value is -1.73. The highest BCUT2D eigenvalue weighted by Crippen LogP contribution is 2.31. The van der Waals surface area contributed by atoms with Gasteiger partial charge in [-0.25, -0.2) is 0 Å². The van der Waals surface area contributed by atoms with Crippen molar-refractivity contribution >= 4 is 5.69 Å². The normalized spacial score (nSPS) is 18.7. The molecule has 0 aromatic heterocycles. The lowest BCUT2D eigenvalue weighted by molar-refractivity contribution is 0.372. The average molecular weight is 259 g/mol. The Morgan fingerprint density at radius 3 is 2.89 bits per heavy atom. The van der Waals surface area contributed by atoms with Gasteiger partial charge in [0.15, 0.2) is 0 Å². The molecule has 0 amide bonds. The molecule has 0 bridgehead atoms. The Labute approximate surface area is 115 Å². The monoisotopic (exact) mass is 259 g/mol. The Balaban J connectivity index is 2.31. The third kappa shape index (κ3) is 2.99. The zero-order valence-electron chi connectivity index (χ0n) is 11.9. The number of hydrogen-bond acceptors (Lipinski definition) is 4. The summed E-state index contributed by atoms with van der Waals surface area (Å²) in [7, 11) is 5.84. The van der Waals surface area contributed by atoms with Crippen molar-refractivity contribution in [2.45, 2.75) is 18.9 Å². The van der Waals surface area contributed by atoms with Gasteiger partial charge in [-0.3, -0.25) is 0 Å². The van der Waals surface area contributed by atoms with Crippen LogP contribution in [0, 0.1) is 11.3 Å². The number of methoxy groups -OCH3 is 1. The first-order valence-electron chi connectivity index (χ1n) is 6.65. The first kappa shape index (κ1) is 13.7. The molecule has 4 nitrogen and oxygen atoms in total. The molecule has 0 radical (unpaired) electrons. The van der Waals surface area contributed by atoms with E-state index in [4.69, 9.17) is 4.74 Å². The molecular formula is C15H21N3O. The summed E-state index contributed by atoms with van der Waals surface area (Å²) in [6.45, 7) is 2.03. The Kier molecular flexibility index (Phi) is 4.28. The van der Waals surface area contributed by atoms with Crippen molar-refractivity contribution < 1.29 is 4.74 Å². The van der Waals surface area contributed by atoms with Crippen molar-refractivity contribution in [3.05, 3.63) is 23.8 Å². The number of rotatable bonds is 4. The smallest absolute Gasteiger partial charge is 0.121 e. The minimum Gasteiger partial charge on any atom is -0.497 e. The molecule has 0 N–H and O–H groups in total. The maximum atomic E-state index is 9.28. The van der Waals surface area contributed by atoms with Crippen molar-refractivity contribution in [3.8, 4) is 11.8 Å². The molecule has 1 aromatic carbocycles. The number of benzene rings is 1. The van der Waals surface area contributed by atoms with Crippen LogP contribution in [0.3, 0.4) is 0 Å². The number of nitrogens with zero attached hydrogens (tertiary/aromatic N) is 3. The number of nitriles is 1. The van der Waals surface area contributed by atoms with E-state index in [-0.39, 0.29) is 0 Å². The van der Waals surface area contributed by atoms with Gasteiger partial charge in [-0.1, -0.05) is 0 Å². The molecule has 2 rings (SSSR count). The molecule has 1 atom stereocenters. The summed E-state index contributed by atoms with van der Waals surface area (Å²) in [4.78, 5) is 4.55. The molecule has 0 aliphatic carbocycles. The Bertz CT molecular complexity index is 479. The van der Waals surface area contributed by atoms with Gasteiger partial charge in [0.1, 0.15) is 11.8 Å². The van der Waals surface area contributed by atoms with E-state index in [1.165, 1.54) is 12.8 Å². The molecule has 1 aliphatic heterocycles. The maximum Gasteiger partial charge on any atom is 0.121 e. The summed E-state index contributed by atoms with van der Waals surface area (Å²) in [6.07, 6.45) is 2.36. The van der Waals surface area contributed by atoms with Crippen LogP contribution in [0.4, 0.5) is 5.69 Å². The lowest BCUT2D eigenvalue weighted by Gasteiger charge is -2.29. The molecule has 19 heavy (non-hydrogen) atoms. The third-order valence-electron chi connectivity index (χ3n) is 3.59. The van der Waals surface area contributed by atoms with E-state index in [9.17, 15) is 5.26 Å². The topological polar surface area (TPSA) is 39.5 Å². The van der Waals surface area contributed by atoms with Crippen molar-refractivity contribution in [2.24, 2.45) is 0 Å². The first-order valence-corrected chi connectivity index (χ1v) is 6.65. The van der Waals surface area contributed by atoms with Crippen LogP contribution in [0.2, 0.25) is 0 Å². The van der Waals surface area contributed by atoms with Crippen molar-refractivity contribution in [1.82, 2.24) is 4.90 Å². The van der Waals surface area contributed by atoms with Gasteiger partial charge < -0.3 is 14.5 Å². The van der Waals surface area contributed by atoms with Gasteiger partial charge in [-0.05, 0) is 39.1 Å². The largest absolute Gasteiger partial charge is 0.497 e. The van der Waals surface area contributed by atoms with E-state index in [0.29, 0.717) is 6.04 Å². The summed E-state index contributed by atoms with van der Waals surface area (Å²) in [5.41, 5.74) is 1.73. The molecule has 1 saturated heterocycles. The van der Waals surface area contributed by atoms with Crippen LogP contribution in [0.25, 0.3) is 0 Å². The molecule has 102 valence electrons. The predicted molar refractivity (Wildman–Crippen MR) is 76.6 cm³/mol. The lowest BCUT2D eigenvalue weighted by Crippen LogP contribution is -2.37. The van der Waals surface area contributed by atoms with E-state index >= 15 is 0 Å². The van der Waals surface area contributed by atoms with Gasteiger partial charge in [0, 0.05) is 25.2 Å². The number of anilines is 1. The summed E-state index contributed by atoms with van der Waals surface area (Å²) in [6, 6.07) is 8.44. The minimum absolute atomic E-state index is 0.481. The van der Waals surface area contributed by atoms with Gasteiger partial charge in [-0.15, -0.1) is 0 Å². The van der Waals surface area contributed by atoms with Gasteiger partial charge >= 0.3 is 0 Å². The van der Waals surface area contributed by atoms with E-state index in [1.54, 1.807) is 7.11 Å². The van der Waals surface area contributed by atoms with Gasteiger partial charge in [0.25, 0.3) is 0 Å². The van der Waals surface area contributed by atoms with E-state index in [0.717, 1.165) is 30.1 Å². The highest BCUT2D eigenvalue weighted by Gasteiger charge is 2.27. The quantitative estimate of drug-likeness (QED) is 0.830. The molecule has 0 spiro atoms. The molecule has 1 unspecified atom stereocenters. The summed E-state index contributed by atoms with van der Waals surface area (Å²) in [5.74, 6) is 0.810. The highest BCUT2D eigenvalue weighted by molar-refractivity contribution is 5.63. The van der Waals surface area contributed by atoms with E-state index in [2.05, 4.69) is 30.0 Å². The molecule has 0 saturated carbocycles. The summed E-state index contributed by atoms with van der Waals surface area (Å²) >= 11 is 0. The fourth-order valence-corrected chi connectivity index (χ4v) is 2.73. The van der Waals surface area contributed by atoms with Crippen LogP contribution in [0.15, 0.2) is 18.2 Å². The fourth-order valence-electron chi connectivity index (χ4n) is 2.73. The second-order valence-corrected chi connectivity index (χ2v) is 5.25. The second-order valence-electron chi connectivity index (χ2n) is 5.25. The Morgan fingerprint density at radius 2 is 2.26 bits per heavy atom. The van der Waals surface area contributed by atoms with Crippen molar-refractivity contribution in [1.29, 1.82) is 5.26 Å². The molecular weight excluding hydrogens is 238 g/mol. The molecule has 1 aliphatic rings. The van der Waals surface area contributed by atoms with Crippen molar-refractivity contribution in [3.63, 3.8) is 0 Å². The Morgan fingerprint density at radius 1 is 1.47 bits per heavy atom. The average Bonchev–Trinajstić information content (AvgIpc) is 2.85. The van der Waals surface area contributed by atoms with Crippen LogP contribution in [-0.4, -0.2) is 45.2 Å². The fraction of sp³-hybridized carbons (Fsp3) is 0.533. The number of ether oxygens (including phenoxy) is 1. The zero-order chi connectivity index (χ0) is 13.8. The number of hydrogen-bond donors (Lipinski definition) is 0. The molecule has 1 aromatic rings.